The molecule has 10 heteroatoms. The topological polar surface area (TPSA) is 16.2 Å². The van der Waals surface area contributed by atoms with E-state index in [-0.39, 0.29) is 31.5 Å². The first-order valence-electron chi connectivity index (χ1n) is 26.8. The number of terminal acetylenes is 5. The van der Waals surface area contributed by atoms with E-state index in [1.54, 1.807) is 11.9 Å². The summed E-state index contributed by atoms with van der Waals surface area (Å²) in [6.45, 7) is 7.85. The summed E-state index contributed by atoms with van der Waals surface area (Å²) in [6.07, 6.45) is 30.2. The Morgan fingerprint density at radius 2 is 0.897 bits per heavy atom. The van der Waals surface area contributed by atoms with Crippen LogP contribution in [0.25, 0.3) is 0 Å². The molecule has 5 nitrogen and oxygen atoms in total. The molecule has 0 fully saturated rings. The van der Waals surface area contributed by atoms with Crippen LogP contribution in [-0.4, -0.2) is 135 Å². The molecule has 0 heterocycles. The predicted molar refractivity (Wildman–Crippen MR) is 318 cm³/mol. The normalized spacial score (nSPS) is 14.2. The van der Waals surface area contributed by atoms with Crippen molar-refractivity contribution in [1.82, 2.24) is 24.5 Å². The lowest BCUT2D eigenvalue weighted by molar-refractivity contribution is 0.125. The van der Waals surface area contributed by atoms with Crippen molar-refractivity contribution >= 4 is 0 Å². The van der Waals surface area contributed by atoms with Gasteiger partial charge in [-0.05, 0) is 100 Å². The Morgan fingerprint density at radius 1 is 0.487 bits per heavy atom. The number of hydrogen-bond donors (Lipinski definition) is 0. The zero-order valence-corrected chi connectivity index (χ0v) is 46.9. The van der Waals surface area contributed by atoms with E-state index in [9.17, 15) is 22.0 Å². The van der Waals surface area contributed by atoms with Gasteiger partial charge in [-0.25, -0.2) is 22.0 Å². The third kappa shape index (κ3) is 27.1. The molecule has 0 spiro atoms. The maximum Gasteiger partial charge on any atom is 0.158 e. The molecule has 0 radical (unpaired) electrons. The minimum absolute atomic E-state index is 0.133. The molecule has 6 atom stereocenters. The van der Waals surface area contributed by atoms with E-state index < -0.39 is 19.3 Å². The van der Waals surface area contributed by atoms with Gasteiger partial charge in [-0.15, -0.1) is 32.1 Å². The zero-order valence-electron chi connectivity index (χ0n) is 46.9. The van der Waals surface area contributed by atoms with Crippen LogP contribution in [0.4, 0.5) is 22.0 Å². The van der Waals surface area contributed by atoms with Crippen LogP contribution >= 0.6 is 0 Å². The maximum atomic E-state index is 13.9. The number of likely N-dealkylation sites (N-methyl/N-ethyl adjacent to an activating group) is 1. The molecule has 1 aliphatic rings. The average molecular weight is 1070 g/mol. The fourth-order valence-electron chi connectivity index (χ4n) is 8.74. The molecule has 6 rings (SSSR count). The van der Waals surface area contributed by atoms with E-state index in [4.69, 9.17) is 32.1 Å². The minimum Gasteiger partial charge on any atom is -0.290 e. The fraction of sp³-hybridized carbons (Fsp3) is 0.412. The maximum absolute atomic E-state index is 13.9. The Bertz CT molecular complexity index is 2510. The number of nitrogens with zero attached hydrogens (tertiary/aromatic N) is 5. The van der Waals surface area contributed by atoms with Crippen LogP contribution in [0.5, 0.6) is 0 Å². The van der Waals surface area contributed by atoms with Crippen molar-refractivity contribution in [2.24, 2.45) is 0 Å². The molecular weight excluding hydrogens is 982 g/mol. The summed E-state index contributed by atoms with van der Waals surface area (Å²) < 4.78 is 65.0. The predicted octanol–water partition coefficient (Wildman–Crippen LogP) is 12.6. The van der Waals surface area contributed by atoms with Crippen LogP contribution in [0, 0.1) is 61.7 Å². The number of alkyl halides is 5. The van der Waals surface area contributed by atoms with Crippen LogP contribution < -0.4 is 0 Å². The van der Waals surface area contributed by atoms with Gasteiger partial charge in [-0.1, -0.05) is 175 Å². The van der Waals surface area contributed by atoms with Crippen LogP contribution in [0.15, 0.2) is 146 Å². The third-order valence-corrected chi connectivity index (χ3v) is 13.5. The lowest BCUT2D eigenvalue weighted by atomic mass is 9.87. The highest BCUT2D eigenvalue weighted by atomic mass is 19.1. The standard InChI is InChI=1S/C15H18FN.2C14H18FN.C13H16FN.C12H14FN/c1-2-11-17(12-10-16)15-9-5-7-13-6-3-4-8-14(13)15;1-4-10-16(3)12(2)14(15)11-13-8-6-5-7-9-13;1-3-10-16(11-9-15)13(2)12-14-7-5-4-6-8-14;1-3-9-15(11-14)12(2)10-13-7-5-4-6-8-13;1-3-9-14(2)12(13)10-11-7-5-4-6-8-11/h1,3-4,6,8,15H,5,7,9-12H2;1,5-9,12,14H,10-11H2,2-3H3;1,4-8,13H,9-12H2,2H3;1,4-8,12H,9-11H2,2H3;1,4-8,12H,9-10H2,2H3. The highest BCUT2D eigenvalue weighted by molar-refractivity contribution is 5.32. The Balaban J connectivity index is 0.000000334. The van der Waals surface area contributed by atoms with Gasteiger partial charge in [0.1, 0.15) is 26.3 Å². The number of hydrogen-bond acceptors (Lipinski definition) is 5. The summed E-state index contributed by atoms with van der Waals surface area (Å²) >= 11 is 0. The molecule has 0 aliphatic heterocycles. The lowest BCUT2D eigenvalue weighted by Gasteiger charge is -2.34. The van der Waals surface area contributed by atoms with E-state index in [0.29, 0.717) is 64.7 Å². The first-order valence-corrected chi connectivity index (χ1v) is 26.8. The molecule has 5 aromatic carbocycles. The molecular formula is C68H84F5N5. The smallest absolute Gasteiger partial charge is 0.158 e. The van der Waals surface area contributed by atoms with Gasteiger partial charge in [0.15, 0.2) is 6.30 Å². The fourth-order valence-corrected chi connectivity index (χ4v) is 8.74. The molecule has 1 aliphatic carbocycles. The molecule has 0 aromatic heterocycles. The number of benzene rings is 5. The SMILES string of the molecule is C#CCN(C)C(C)C(F)Cc1ccccc1.C#CCN(C)C(F)Cc1ccccc1.C#CCN(CCF)C(C)Cc1ccccc1.C#CCN(CCF)C1CCCc2ccccc21.C#CCN(CF)C(C)Cc1ccccc1. The van der Waals surface area contributed by atoms with Crippen LogP contribution in [-0.2, 0) is 32.1 Å². The molecule has 0 amide bonds. The van der Waals surface area contributed by atoms with Gasteiger partial charge in [0.05, 0.1) is 32.7 Å². The van der Waals surface area contributed by atoms with Crippen molar-refractivity contribution in [3.8, 4) is 61.7 Å². The summed E-state index contributed by atoms with van der Waals surface area (Å²) in [4.78, 5) is 9.10. The second-order valence-corrected chi connectivity index (χ2v) is 19.3. The highest BCUT2D eigenvalue weighted by Gasteiger charge is 2.25. The molecule has 5 aromatic rings. The Hall–Kier alpha value is -6.65. The molecule has 0 saturated heterocycles. The van der Waals surface area contributed by atoms with Crippen LogP contribution in [0.3, 0.4) is 0 Å². The summed E-state index contributed by atoms with van der Waals surface area (Å²) in [7, 11) is 3.54. The second kappa shape index (κ2) is 41.4. The number of rotatable bonds is 24. The van der Waals surface area contributed by atoms with Gasteiger partial charge < -0.3 is 0 Å². The van der Waals surface area contributed by atoms with Crippen molar-refractivity contribution in [2.45, 2.75) is 102 Å². The quantitative estimate of drug-likeness (QED) is 0.0347. The largest absolute Gasteiger partial charge is 0.290 e. The summed E-state index contributed by atoms with van der Waals surface area (Å²) in [5.41, 5.74) is 7.21. The van der Waals surface area contributed by atoms with Crippen molar-refractivity contribution in [3.63, 3.8) is 0 Å². The molecule has 416 valence electrons. The first-order chi connectivity index (χ1) is 37.8. The van der Waals surface area contributed by atoms with E-state index in [1.807, 2.05) is 140 Å². The number of aryl methyl sites for hydroxylation is 1. The second-order valence-electron chi connectivity index (χ2n) is 19.3. The van der Waals surface area contributed by atoms with Crippen molar-refractivity contribution in [3.05, 3.63) is 179 Å². The van der Waals surface area contributed by atoms with Gasteiger partial charge in [-0.2, -0.15) is 0 Å². The number of halogens is 5. The summed E-state index contributed by atoms with van der Waals surface area (Å²) in [5, 5.41) is 0. The zero-order chi connectivity index (χ0) is 57.3. The van der Waals surface area contributed by atoms with Gasteiger partial charge in [-0.3, -0.25) is 24.5 Å². The van der Waals surface area contributed by atoms with E-state index in [1.165, 1.54) is 27.2 Å². The van der Waals surface area contributed by atoms with E-state index in [0.717, 1.165) is 43.2 Å². The Morgan fingerprint density at radius 3 is 1.36 bits per heavy atom. The van der Waals surface area contributed by atoms with E-state index in [2.05, 4.69) is 77.8 Å². The number of fused-ring (bicyclic) bond motifs is 1. The monoisotopic (exact) mass is 1070 g/mol. The van der Waals surface area contributed by atoms with Crippen molar-refractivity contribution in [2.75, 3.05) is 80.1 Å². The third-order valence-electron chi connectivity index (χ3n) is 13.5. The van der Waals surface area contributed by atoms with Gasteiger partial charge in [0, 0.05) is 50.1 Å². The van der Waals surface area contributed by atoms with E-state index >= 15 is 0 Å². The summed E-state index contributed by atoms with van der Waals surface area (Å²) in [5.74, 6) is 12.6. The van der Waals surface area contributed by atoms with Crippen molar-refractivity contribution in [1.29, 1.82) is 0 Å². The molecule has 78 heavy (non-hydrogen) atoms. The molecule has 6 unspecified atom stereocenters. The van der Waals surface area contributed by atoms with Gasteiger partial charge >= 0.3 is 0 Å². The van der Waals surface area contributed by atoms with Crippen LogP contribution in [0.2, 0.25) is 0 Å². The molecule has 0 saturated carbocycles. The average Bonchev–Trinajstić information content (AvgIpc) is 3.46. The van der Waals surface area contributed by atoms with Crippen LogP contribution in [0.1, 0.15) is 73.0 Å². The highest BCUT2D eigenvalue weighted by Crippen LogP contribution is 2.34. The first kappa shape index (κ1) is 67.5. The Kier molecular flexibility index (Phi) is 35.8. The van der Waals surface area contributed by atoms with Crippen molar-refractivity contribution < 1.29 is 22.0 Å². The van der Waals surface area contributed by atoms with Gasteiger partial charge in [0.2, 0.25) is 0 Å². The van der Waals surface area contributed by atoms with Gasteiger partial charge in [0.25, 0.3) is 0 Å². The summed E-state index contributed by atoms with van der Waals surface area (Å²) in [6, 6.07) is 48.5. The lowest BCUT2D eigenvalue weighted by Crippen LogP contribution is -2.38. The molecule has 0 N–H and O–H groups in total. The molecule has 0 bridgehead atoms. The minimum atomic E-state index is -1.01. The Labute approximate surface area is 467 Å².